The first-order valence-electron chi connectivity index (χ1n) is 31.6. The SMILES string of the molecule is BrC/C=C/CBr.C.C=CC1CC1(N)P(=O)(OCC)OCC.C=CC1CC1(N=Cc1ccccc1)P(=O)(OCC)OCC.C=C[C@@H]1C[C@]1(N)P(=O)(OCC)OCC.CCOP(=O)(CN=Cc1ccccc1)OCC.O=C(O[C@@H](C(=O)O)[C@@H](OC(=O)c1ccccc1)C(=O)O)c1ccccc1. The highest BCUT2D eigenvalue weighted by atomic mass is 79.9. The zero-order chi connectivity index (χ0) is 73.5. The molecule has 30 heteroatoms. The van der Waals surface area contributed by atoms with Crippen molar-refractivity contribution < 1.29 is 93.3 Å². The molecule has 99 heavy (non-hydrogen) atoms. The molecule has 4 unspecified atom stereocenters. The van der Waals surface area contributed by atoms with E-state index in [9.17, 15) is 47.7 Å². The lowest BCUT2D eigenvalue weighted by Crippen LogP contribution is -2.45. The van der Waals surface area contributed by atoms with Crippen LogP contribution in [0.5, 0.6) is 0 Å². The van der Waals surface area contributed by atoms with Crippen LogP contribution in [-0.2, 0) is 73.5 Å². The molecule has 3 aliphatic rings. The van der Waals surface area contributed by atoms with Crippen molar-refractivity contribution in [3.8, 4) is 0 Å². The Morgan fingerprint density at radius 3 is 1.07 bits per heavy atom. The maximum atomic E-state index is 13.1. The molecule has 6 N–H and O–H groups in total. The zero-order valence-corrected chi connectivity index (χ0v) is 63.6. The number of aliphatic imine (C=N–C) groups is 2. The number of ether oxygens (including phenoxy) is 2. The molecule has 0 saturated heterocycles. The van der Waals surface area contributed by atoms with Crippen molar-refractivity contribution in [2.45, 2.75) is 110 Å². The highest BCUT2D eigenvalue weighted by Gasteiger charge is 2.68. The molecule has 0 amide bonds. The van der Waals surface area contributed by atoms with E-state index in [0.717, 1.165) is 21.8 Å². The number of hydrogen-bond acceptors (Lipinski definition) is 22. The molecule has 0 aliphatic heterocycles. The van der Waals surface area contributed by atoms with E-state index in [0.29, 0.717) is 72.1 Å². The summed E-state index contributed by atoms with van der Waals surface area (Å²) in [5.41, 5.74) is 13.9. The summed E-state index contributed by atoms with van der Waals surface area (Å²) in [5.74, 6) is -5.51. The number of esters is 2. The smallest absolute Gasteiger partial charge is 0.358 e. The van der Waals surface area contributed by atoms with Gasteiger partial charge < -0.3 is 67.3 Å². The van der Waals surface area contributed by atoms with Crippen LogP contribution in [0.4, 0.5) is 0 Å². The Balaban J connectivity index is 0.000000615. The topological polar surface area (TPSA) is 346 Å². The van der Waals surface area contributed by atoms with Gasteiger partial charge in [0, 0.05) is 40.8 Å². The largest absolute Gasteiger partial charge is 0.478 e. The number of carbonyl (C=O) groups is 4. The monoisotopic (exact) mass is 1590 g/mol. The van der Waals surface area contributed by atoms with Gasteiger partial charge in [-0.25, -0.2) is 19.2 Å². The van der Waals surface area contributed by atoms with Crippen molar-refractivity contribution in [3.05, 3.63) is 194 Å². The van der Waals surface area contributed by atoms with Crippen LogP contribution >= 0.6 is 62.2 Å². The Morgan fingerprint density at radius 1 is 0.495 bits per heavy atom. The molecule has 0 bridgehead atoms. The van der Waals surface area contributed by atoms with Crippen molar-refractivity contribution in [3.63, 3.8) is 0 Å². The second-order valence-electron chi connectivity index (χ2n) is 20.8. The van der Waals surface area contributed by atoms with Crippen LogP contribution in [0.1, 0.15) is 114 Å². The number of alkyl halides is 2. The van der Waals surface area contributed by atoms with Gasteiger partial charge in [-0.3, -0.25) is 28.2 Å². The summed E-state index contributed by atoms with van der Waals surface area (Å²) in [6, 6.07) is 34.2. The summed E-state index contributed by atoms with van der Waals surface area (Å²) in [5, 5.41) is 17.9. The van der Waals surface area contributed by atoms with Gasteiger partial charge in [0.15, 0.2) is 5.28 Å². The molecule has 8 atom stereocenters. The first kappa shape index (κ1) is 91.6. The number of carboxylic acids is 2. The highest BCUT2D eigenvalue weighted by molar-refractivity contribution is 9.09. The maximum absolute atomic E-state index is 13.1. The zero-order valence-electron chi connectivity index (χ0n) is 56.8. The summed E-state index contributed by atoms with van der Waals surface area (Å²) in [7, 11) is -12.7. The highest BCUT2D eigenvalue weighted by Crippen LogP contribution is 2.75. The predicted molar refractivity (Wildman–Crippen MR) is 398 cm³/mol. The van der Waals surface area contributed by atoms with E-state index in [4.69, 9.17) is 57.1 Å². The van der Waals surface area contributed by atoms with Gasteiger partial charge in [0.1, 0.15) is 16.8 Å². The Labute approximate surface area is 601 Å². The summed E-state index contributed by atoms with van der Waals surface area (Å²) in [6.45, 7) is 28.2. The number of halogens is 2. The summed E-state index contributed by atoms with van der Waals surface area (Å²) in [4.78, 5) is 55.5. The summed E-state index contributed by atoms with van der Waals surface area (Å²) < 4.78 is 101. The van der Waals surface area contributed by atoms with Crippen LogP contribution < -0.4 is 11.5 Å². The van der Waals surface area contributed by atoms with Gasteiger partial charge in [-0.15, -0.1) is 19.7 Å². The van der Waals surface area contributed by atoms with E-state index < -0.39 is 82.3 Å². The van der Waals surface area contributed by atoms with Gasteiger partial charge in [-0.05, 0) is 110 Å². The maximum Gasteiger partial charge on any atom is 0.358 e. The van der Waals surface area contributed by atoms with Crippen LogP contribution in [0.25, 0.3) is 0 Å². The molecule has 4 aromatic carbocycles. The minimum Gasteiger partial charge on any atom is -0.478 e. The number of rotatable bonds is 36. The Kier molecular flexibility index (Phi) is 43.4. The number of allylic oxidation sites excluding steroid dienone is 2. The van der Waals surface area contributed by atoms with E-state index in [-0.39, 0.29) is 42.6 Å². The number of nitrogens with two attached hydrogens (primary N) is 2. The molecular weight excluding hydrogens is 1490 g/mol. The molecule has 24 nitrogen and oxygen atoms in total. The Morgan fingerprint density at radius 2 is 0.798 bits per heavy atom. The van der Waals surface area contributed by atoms with E-state index in [1.807, 2.05) is 74.5 Å². The van der Waals surface area contributed by atoms with Gasteiger partial charge in [0.25, 0.3) is 0 Å². The third kappa shape index (κ3) is 28.7. The van der Waals surface area contributed by atoms with E-state index in [1.54, 1.807) is 84.3 Å². The summed E-state index contributed by atoms with van der Waals surface area (Å²) >= 11 is 6.49. The number of hydrogen-bond donors (Lipinski definition) is 4. The van der Waals surface area contributed by atoms with E-state index >= 15 is 0 Å². The van der Waals surface area contributed by atoms with E-state index in [2.05, 4.69) is 73.7 Å². The minimum absolute atomic E-state index is 0. The molecule has 550 valence electrons. The second-order valence-corrected chi connectivity index (χ2v) is 31.1. The van der Waals surface area contributed by atoms with Gasteiger partial charge >= 0.3 is 54.3 Å². The molecule has 7 rings (SSSR count). The molecule has 3 saturated carbocycles. The first-order valence-corrected chi connectivity index (χ1v) is 40.2. The molecule has 3 aliphatic carbocycles. The average molecular weight is 1590 g/mol. The summed E-state index contributed by atoms with van der Waals surface area (Å²) in [6.07, 6.45) is 10.3. The van der Waals surface area contributed by atoms with Crippen molar-refractivity contribution in [2.75, 3.05) is 69.8 Å². The average Bonchev–Trinajstić information content (AvgIpc) is 1.58. The van der Waals surface area contributed by atoms with Crippen molar-refractivity contribution in [1.29, 1.82) is 0 Å². The first-order chi connectivity index (χ1) is 46.7. The molecule has 0 spiro atoms. The standard InChI is InChI=1S/C18H14O8.C16H22NO3P.C12H18NO3P.2C9H18NO3P.C4H6Br2.CH4/c19-15(20)13(25-17(23)11-7-3-1-4-8-11)14(16(21)22)26-18(24)12-9-5-2-6-10-12;1-4-15-12-16(15,21(18,19-5-2)20-6-3)17-13-14-10-8-7-9-11-14;1-3-15-17(14,16-4-2)11-13-10-12-8-6-5-7-9-12;2*1-4-8-7-9(8,10)14(11,12-5-2)13-6-3;5-3-1-2-4-6;/h1-10,13-14H,(H,19,20)(H,21,22);4,7-11,13,15H,1,5-6,12H2,2-3H3;5-10H,3-4,11H2,1-2H3;2*4,8H,1,5-7,10H2,2-3H3;1-2H,3-4H2;1H4/b;;;;;2-1+;/t13-,14-;;;8-,9+;;;/m1..1.../s1. The van der Waals surface area contributed by atoms with Crippen molar-refractivity contribution >= 4 is 98.5 Å². The van der Waals surface area contributed by atoms with Crippen molar-refractivity contribution in [1.82, 2.24) is 0 Å². The Bertz CT molecular complexity index is 3210. The fourth-order valence-corrected chi connectivity index (χ4v) is 17.3. The second kappa shape index (κ2) is 46.9. The molecule has 4 aromatic rings. The van der Waals surface area contributed by atoms with Crippen LogP contribution in [0.15, 0.2) is 181 Å². The fraction of sp³-hybridized carbons (Fsp3) is 0.449. The van der Waals surface area contributed by atoms with E-state index in [1.165, 1.54) is 48.5 Å². The number of carbonyl (C=O) groups excluding carboxylic acids is 2. The molecular formula is C69H100Br2N4O20P4. The number of aliphatic carboxylic acids is 2. The lowest BCUT2D eigenvalue weighted by atomic mass is 10.1. The van der Waals surface area contributed by atoms with Gasteiger partial charge in [0.05, 0.1) is 64.0 Å². The predicted octanol–water partition coefficient (Wildman–Crippen LogP) is 16.4. The van der Waals surface area contributed by atoms with Gasteiger partial charge in [-0.2, -0.15) is 0 Å². The van der Waals surface area contributed by atoms with Crippen LogP contribution in [0.3, 0.4) is 0 Å². The number of carboxylic acid groups (broad SMARTS) is 2. The molecule has 3 fully saturated rings. The molecule has 0 heterocycles. The molecule has 0 aromatic heterocycles. The normalized spacial score (nSPS) is 20.2. The van der Waals surface area contributed by atoms with Gasteiger partial charge in [0.2, 0.25) is 12.2 Å². The Hall–Kier alpha value is -5.46. The lowest BCUT2D eigenvalue weighted by molar-refractivity contribution is -0.166. The molecule has 0 radical (unpaired) electrons. The third-order valence-electron chi connectivity index (χ3n) is 13.9. The fourth-order valence-electron chi connectivity index (χ4n) is 8.85. The van der Waals surface area contributed by atoms with Crippen LogP contribution in [0, 0.1) is 17.8 Å². The third-order valence-corrected chi connectivity index (χ3v) is 24.7. The van der Waals surface area contributed by atoms with Crippen LogP contribution in [-0.4, -0.2) is 144 Å². The number of nitrogens with zero attached hydrogens (tertiary/aromatic N) is 2. The van der Waals surface area contributed by atoms with Crippen LogP contribution in [0.2, 0.25) is 0 Å². The quantitative estimate of drug-likeness (QED) is 0.0108. The number of benzene rings is 4. The van der Waals surface area contributed by atoms with Crippen molar-refractivity contribution in [2.24, 2.45) is 39.2 Å². The lowest BCUT2D eigenvalue weighted by Gasteiger charge is -2.24. The minimum atomic E-state index is -3.29. The van der Waals surface area contributed by atoms with Gasteiger partial charge in [-0.1, -0.05) is 167 Å².